The molecule has 1 aliphatic heterocycles. The summed E-state index contributed by atoms with van der Waals surface area (Å²) in [5, 5.41) is 11.8. The van der Waals surface area contributed by atoms with E-state index in [9.17, 15) is 0 Å². The Morgan fingerprint density at radius 3 is 2.53 bits per heavy atom. The Labute approximate surface area is 178 Å². The largest absolute Gasteiger partial charge is 0.483 e. The van der Waals surface area contributed by atoms with Gasteiger partial charge in [0.25, 0.3) is 6.47 Å². The molecule has 0 aliphatic carbocycles. The van der Waals surface area contributed by atoms with Crippen molar-refractivity contribution in [1.82, 2.24) is 9.88 Å². The van der Waals surface area contributed by atoms with E-state index in [2.05, 4.69) is 65.7 Å². The number of fused-ring (bicyclic) bond motifs is 1. The van der Waals surface area contributed by atoms with E-state index in [4.69, 9.17) is 14.9 Å². The smallest absolute Gasteiger partial charge is 0.290 e. The van der Waals surface area contributed by atoms with Crippen LogP contribution < -0.4 is 5.32 Å². The zero-order valence-electron chi connectivity index (χ0n) is 17.7. The number of anilines is 1. The van der Waals surface area contributed by atoms with Crippen LogP contribution in [0.25, 0.3) is 22.2 Å². The maximum atomic E-state index is 8.36. The molecule has 1 saturated heterocycles. The van der Waals surface area contributed by atoms with Crippen molar-refractivity contribution in [2.75, 3.05) is 31.5 Å². The number of carboxylic acid groups (broad SMARTS) is 1. The monoisotopic (exact) mass is 405 g/mol. The number of carbonyl (C=O) groups is 1. The Morgan fingerprint density at radius 2 is 1.80 bits per heavy atom. The number of aryl methyl sites for hydroxylation is 1. The number of nitrogens with one attached hydrogen (secondary N) is 1. The van der Waals surface area contributed by atoms with Gasteiger partial charge in [-0.25, -0.2) is 4.98 Å². The average molecular weight is 406 g/mol. The minimum absolute atomic E-state index is 0.250. The van der Waals surface area contributed by atoms with Gasteiger partial charge >= 0.3 is 0 Å². The molecule has 3 aromatic rings. The van der Waals surface area contributed by atoms with Gasteiger partial charge in [-0.2, -0.15) is 0 Å². The van der Waals surface area contributed by atoms with Crippen LogP contribution in [0.15, 0.2) is 54.6 Å². The highest BCUT2D eigenvalue weighted by molar-refractivity contribution is 5.94. The second kappa shape index (κ2) is 11.3. The Bertz CT molecular complexity index is 938. The highest BCUT2D eigenvalue weighted by atomic mass is 16.3. The lowest BCUT2D eigenvalue weighted by atomic mass is 10.1. The highest BCUT2D eigenvalue weighted by Crippen LogP contribution is 2.29. The molecule has 0 bridgehead atoms. The molecule has 0 amide bonds. The van der Waals surface area contributed by atoms with Gasteiger partial charge in [0.1, 0.15) is 0 Å². The van der Waals surface area contributed by atoms with E-state index in [1.54, 1.807) is 0 Å². The molecule has 1 aromatic heterocycles. The van der Waals surface area contributed by atoms with E-state index in [0.29, 0.717) is 0 Å². The number of hydrogen-bond donors (Lipinski definition) is 2. The quantitative estimate of drug-likeness (QED) is 0.436. The fraction of sp³-hybridized carbons (Fsp3) is 0.360. The molecule has 1 fully saturated rings. The molecule has 30 heavy (non-hydrogen) atoms. The first-order valence-corrected chi connectivity index (χ1v) is 10.7. The van der Waals surface area contributed by atoms with Crippen molar-refractivity contribution < 1.29 is 9.90 Å². The average Bonchev–Trinajstić information content (AvgIpc) is 2.78. The van der Waals surface area contributed by atoms with E-state index in [-0.39, 0.29) is 6.47 Å². The molecule has 2 aromatic carbocycles. The first kappa shape index (κ1) is 21.8. The summed E-state index contributed by atoms with van der Waals surface area (Å²) >= 11 is 0. The van der Waals surface area contributed by atoms with Crippen LogP contribution in [0.4, 0.5) is 5.69 Å². The summed E-state index contributed by atoms with van der Waals surface area (Å²) in [5.41, 5.74) is 5.72. The van der Waals surface area contributed by atoms with Gasteiger partial charge in [0.15, 0.2) is 0 Å². The number of piperidine rings is 1. The van der Waals surface area contributed by atoms with Crippen LogP contribution in [-0.2, 0) is 4.79 Å². The number of nitrogens with zero attached hydrogens (tertiary/aromatic N) is 2. The molecular formula is C25H31N3O2. The third-order valence-corrected chi connectivity index (χ3v) is 5.45. The standard InChI is InChI=1S/C24H29N3.CH2O2/c1-19-11-12-22-21(17-19)24(18-23(26-22)20-9-4-2-5-10-20)25-13-8-16-27-14-6-3-7-15-27;2-1-3/h2,4-5,9-12,17-18H,3,6-8,13-16H2,1H3,(H,25,26);1H,(H,2,3). The predicted octanol–water partition coefficient (Wildman–Crippen LogP) is 5.20. The van der Waals surface area contributed by atoms with E-state index in [1.165, 1.54) is 62.0 Å². The third-order valence-electron chi connectivity index (χ3n) is 5.45. The van der Waals surface area contributed by atoms with Crippen LogP contribution in [0.1, 0.15) is 31.2 Å². The predicted molar refractivity (Wildman–Crippen MR) is 124 cm³/mol. The van der Waals surface area contributed by atoms with Gasteiger partial charge in [-0.3, -0.25) is 4.79 Å². The second-order valence-corrected chi connectivity index (χ2v) is 7.73. The zero-order valence-corrected chi connectivity index (χ0v) is 17.7. The summed E-state index contributed by atoms with van der Waals surface area (Å²) < 4.78 is 0. The number of benzene rings is 2. The number of pyridine rings is 1. The lowest BCUT2D eigenvalue weighted by molar-refractivity contribution is -0.122. The Morgan fingerprint density at radius 1 is 1.07 bits per heavy atom. The molecule has 1 aliphatic rings. The van der Waals surface area contributed by atoms with Crippen molar-refractivity contribution in [1.29, 1.82) is 0 Å². The summed E-state index contributed by atoms with van der Waals surface area (Å²) in [5.74, 6) is 0. The second-order valence-electron chi connectivity index (χ2n) is 7.73. The molecule has 0 radical (unpaired) electrons. The summed E-state index contributed by atoms with van der Waals surface area (Å²) in [6.45, 7) is 6.63. The maximum Gasteiger partial charge on any atom is 0.290 e. The maximum absolute atomic E-state index is 8.36. The lowest BCUT2D eigenvalue weighted by Gasteiger charge is -2.26. The van der Waals surface area contributed by atoms with Crippen LogP contribution >= 0.6 is 0 Å². The van der Waals surface area contributed by atoms with Gasteiger partial charge < -0.3 is 15.3 Å². The van der Waals surface area contributed by atoms with Gasteiger partial charge in [-0.05, 0) is 64.0 Å². The molecule has 0 unspecified atom stereocenters. The minimum atomic E-state index is -0.250. The number of aromatic nitrogens is 1. The van der Waals surface area contributed by atoms with E-state index in [0.717, 1.165) is 23.3 Å². The number of likely N-dealkylation sites (tertiary alicyclic amines) is 1. The SMILES string of the molecule is Cc1ccc2nc(-c3ccccc3)cc(NCCCN3CCCCC3)c2c1.O=CO. The van der Waals surface area contributed by atoms with Gasteiger partial charge in [0, 0.05) is 23.2 Å². The summed E-state index contributed by atoms with van der Waals surface area (Å²) in [4.78, 5) is 15.9. The Hall–Kier alpha value is -2.92. The molecule has 2 N–H and O–H groups in total. The molecule has 0 spiro atoms. The molecule has 0 atom stereocenters. The van der Waals surface area contributed by atoms with E-state index >= 15 is 0 Å². The van der Waals surface area contributed by atoms with Gasteiger partial charge in [0.05, 0.1) is 11.2 Å². The van der Waals surface area contributed by atoms with Gasteiger partial charge in [-0.15, -0.1) is 0 Å². The van der Waals surface area contributed by atoms with Crippen molar-refractivity contribution in [3.8, 4) is 11.3 Å². The highest BCUT2D eigenvalue weighted by Gasteiger charge is 2.10. The molecule has 4 rings (SSSR count). The first-order chi connectivity index (χ1) is 14.7. The number of rotatable bonds is 6. The molecule has 5 nitrogen and oxygen atoms in total. The van der Waals surface area contributed by atoms with Crippen molar-refractivity contribution >= 4 is 23.1 Å². The fourth-order valence-electron chi connectivity index (χ4n) is 3.95. The third kappa shape index (κ3) is 6.04. The van der Waals surface area contributed by atoms with Crippen molar-refractivity contribution in [2.45, 2.75) is 32.6 Å². The van der Waals surface area contributed by atoms with Crippen LogP contribution in [0.3, 0.4) is 0 Å². The summed E-state index contributed by atoms with van der Waals surface area (Å²) in [6.07, 6.45) is 5.31. The molecule has 0 saturated carbocycles. The van der Waals surface area contributed by atoms with Crippen LogP contribution in [0, 0.1) is 6.92 Å². The minimum Gasteiger partial charge on any atom is -0.483 e. The number of hydrogen-bond acceptors (Lipinski definition) is 4. The Balaban J connectivity index is 0.000000806. The molecule has 158 valence electrons. The summed E-state index contributed by atoms with van der Waals surface area (Å²) in [6, 6.07) is 19.2. The van der Waals surface area contributed by atoms with E-state index < -0.39 is 0 Å². The normalized spacial score (nSPS) is 14.0. The van der Waals surface area contributed by atoms with Gasteiger partial charge in [0.2, 0.25) is 0 Å². The Kier molecular flexibility index (Phi) is 8.21. The molecule has 5 heteroatoms. The lowest BCUT2D eigenvalue weighted by Crippen LogP contribution is -2.31. The van der Waals surface area contributed by atoms with Gasteiger partial charge in [-0.1, -0.05) is 48.4 Å². The van der Waals surface area contributed by atoms with Crippen molar-refractivity contribution in [3.05, 3.63) is 60.2 Å². The van der Waals surface area contributed by atoms with Crippen LogP contribution in [-0.4, -0.2) is 47.6 Å². The van der Waals surface area contributed by atoms with E-state index in [1.807, 2.05) is 6.07 Å². The van der Waals surface area contributed by atoms with Crippen molar-refractivity contribution in [3.63, 3.8) is 0 Å². The molecule has 2 heterocycles. The first-order valence-electron chi connectivity index (χ1n) is 10.7. The summed E-state index contributed by atoms with van der Waals surface area (Å²) in [7, 11) is 0. The van der Waals surface area contributed by atoms with Crippen molar-refractivity contribution in [2.24, 2.45) is 0 Å². The molecular weight excluding hydrogens is 374 g/mol. The van der Waals surface area contributed by atoms with Crippen LogP contribution in [0.5, 0.6) is 0 Å². The topological polar surface area (TPSA) is 65.5 Å². The zero-order chi connectivity index (χ0) is 21.2. The van der Waals surface area contributed by atoms with Crippen LogP contribution in [0.2, 0.25) is 0 Å². The fourth-order valence-corrected chi connectivity index (χ4v) is 3.95.